The Hall–Kier alpha value is -1.07. The van der Waals surface area contributed by atoms with E-state index in [1.165, 1.54) is 0 Å². The Morgan fingerprint density at radius 3 is 2.80 bits per heavy atom. The van der Waals surface area contributed by atoms with Crippen LogP contribution < -0.4 is 5.32 Å². The number of nitrogens with zero attached hydrogens (tertiary/aromatic N) is 1. The molecule has 4 nitrogen and oxygen atoms in total. The SMILES string of the molecule is CCC(NC(=O)N1CCCC(O)C1)c1ccc(Br)cc1. The number of hydrogen-bond acceptors (Lipinski definition) is 2. The number of aliphatic hydroxyl groups is 1. The second-order valence-electron chi connectivity index (χ2n) is 5.20. The molecule has 1 aliphatic rings. The van der Waals surface area contributed by atoms with Crippen LogP contribution in [0.15, 0.2) is 28.7 Å². The highest BCUT2D eigenvalue weighted by Crippen LogP contribution is 2.20. The van der Waals surface area contributed by atoms with Gasteiger partial charge in [-0.3, -0.25) is 0 Å². The Morgan fingerprint density at radius 2 is 2.20 bits per heavy atom. The number of benzene rings is 1. The Balaban J connectivity index is 1.98. The van der Waals surface area contributed by atoms with Crippen molar-refractivity contribution in [3.05, 3.63) is 34.3 Å². The fraction of sp³-hybridized carbons (Fsp3) is 0.533. The number of carbonyl (C=O) groups excluding carboxylic acids is 1. The average molecular weight is 341 g/mol. The molecular weight excluding hydrogens is 320 g/mol. The molecule has 0 radical (unpaired) electrons. The molecule has 2 unspecified atom stereocenters. The van der Waals surface area contributed by atoms with Gasteiger partial charge < -0.3 is 15.3 Å². The summed E-state index contributed by atoms with van der Waals surface area (Å²) in [4.78, 5) is 14.0. The largest absolute Gasteiger partial charge is 0.391 e. The number of urea groups is 1. The molecule has 2 rings (SSSR count). The molecule has 0 aromatic heterocycles. The number of aliphatic hydroxyl groups excluding tert-OH is 1. The minimum atomic E-state index is -0.387. The van der Waals surface area contributed by atoms with Gasteiger partial charge >= 0.3 is 6.03 Å². The van der Waals surface area contributed by atoms with Crippen molar-refractivity contribution in [2.75, 3.05) is 13.1 Å². The summed E-state index contributed by atoms with van der Waals surface area (Å²) < 4.78 is 1.03. The van der Waals surface area contributed by atoms with E-state index < -0.39 is 0 Å². The standard InChI is InChI=1S/C15H21BrN2O2/c1-2-14(11-5-7-12(16)8-6-11)17-15(20)18-9-3-4-13(19)10-18/h5-8,13-14,19H,2-4,9-10H2,1H3,(H,17,20). The molecule has 0 aliphatic carbocycles. The number of rotatable bonds is 3. The van der Waals surface area contributed by atoms with Crippen molar-refractivity contribution in [1.82, 2.24) is 10.2 Å². The molecule has 2 N–H and O–H groups in total. The van der Waals surface area contributed by atoms with Gasteiger partial charge in [0.2, 0.25) is 0 Å². The predicted molar refractivity (Wildman–Crippen MR) is 82.5 cm³/mol. The molecule has 20 heavy (non-hydrogen) atoms. The minimum Gasteiger partial charge on any atom is -0.391 e. The van der Waals surface area contributed by atoms with Gasteiger partial charge in [0.1, 0.15) is 0 Å². The molecule has 1 heterocycles. The molecule has 1 aromatic rings. The first-order valence-corrected chi connectivity index (χ1v) is 7.88. The van der Waals surface area contributed by atoms with Gasteiger partial charge in [-0.1, -0.05) is 35.0 Å². The van der Waals surface area contributed by atoms with Gasteiger partial charge in [-0.05, 0) is 37.0 Å². The van der Waals surface area contributed by atoms with E-state index in [0.717, 1.165) is 35.8 Å². The van der Waals surface area contributed by atoms with Gasteiger partial charge in [-0.15, -0.1) is 0 Å². The summed E-state index contributed by atoms with van der Waals surface area (Å²) in [5, 5.41) is 12.7. The number of likely N-dealkylation sites (tertiary alicyclic amines) is 1. The fourth-order valence-corrected chi connectivity index (χ4v) is 2.76. The normalized spacial score (nSPS) is 20.6. The summed E-state index contributed by atoms with van der Waals surface area (Å²) >= 11 is 3.41. The molecule has 0 saturated carbocycles. The summed E-state index contributed by atoms with van der Waals surface area (Å²) in [6, 6.07) is 7.92. The summed E-state index contributed by atoms with van der Waals surface area (Å²) in [5.41, 5.74) is 1.10. The quantitative estimate of drug-likeness (QED) is 0.888. The lowest BCUT2D eigenvalue weighted by Gasteiger charge is -2.31. The highest BCUT2D eigenvalue weighted by molar-refractivity contribution is 9.10. The van der Waals surface area contributed by atoms with Crippen molar-refractivity contribution in [2.45, 2.75) is 38.3 Å². The van der Waals surface area contributed by atoms with E-state index in [1.807, 2.05) is 24.3 Å². The number of hydrogen-bond donors (Lipinski definition) is 2. The maximum Gasteiger partial charge on any atom is 0.317 e. The molecule has 1 saturated heterocycles. The van der Waals surface area contributed by atoms with Crippen LogP contribution in [0.5, 0.6) is 0 Å². The van der Waals surface area contributed by atoms with Crippen molar-refractivity contribution >= 4 is 22.0 Å². The number of β-amino-alcohol motifs (C(OH)–C–C–N with tert-alkyl or cyclic N) is 1. The van der Waals surface area contributed by atoms with Crippen LogP contribution in [0.2, 0.25) is 0 Å². The molecule has 5 heteroatoms. The van der Waals surface area contributed by atoms with E-state index in [-0.39, 0.29) is 18.2 Å². The van der Waals surface area contributed by atoms with E-state index in [2.05, 4.69) is 28.2 Å². The van der Waals surface area contributed by atoms with Gasteiger partial charge in [0, 0.05) is 17.6 Å². The van der Waals surface area contributed by atoms with Gasteiger partial charge in [0.15, 0.2) is 0 Å². The zero-order valence-electron chi connectivity index (χ0n) is 11.7. The third kappa shape index (κ3) is 3.96. The van der Waals surface area contributed by atoms with Crippen LogP contribution in [-0.4, -0.2) is 35.2 Å². The van der Waals surface area contributed by atoms with Crippen molar-refractivity contribution in [1.29, 1.82) is 0 Å². The van der Waals surface area contributed by atoms with Crippen LogP contribution in [0, 0.1) is 0 Å². The second-order valence-corrected chi connectivity index (χ2v) is 6.12. The number of nitrogens with one attached hydrogen (secondary N) is 1. The Labute approximate surface area is 128 Å². The molecular formula is C15H21BrN2O2. The number of carbonyl (C=O) groups is 1. The first-order chi connectivity index (χ1) is 9.60. The molecule has 1 fully saturated rings. The molecule has 2 atom stereocenters. The van der Waals surface area contributed by atoms with Crippen molar-refractivity contribution in [3.8, 4) is 0 Å². The molecule has 0 bridgehead atoms. The van der Waals surface area contributed by atoms with Gasteiger partial charge in [-0.2, -0.15) is 0 Å². The topological polar surface area (TPSA) is 52.6 Å². The Morgan fingerprint density at radius 1 is 1.50 bits per heavy atom. The second kappa shape index (κ2) is 7.09. The summed E-state index contributed by atoms with van der Waals surface area (Å²) in [6.07, 6.45) is 2.10. The Kier molecular flexibility index (Phi) is 5.43. The maximum absolute atomic E-state index is 12.2. The van der Waals surface area contributed by atoms with E-state index >= 15 is 0 Å². The third-order valence-electron chi connectivity index (χ3n) is 3.66. The number of amides is 2. The fourth-order valence-electron chi connectivity index (χ4n) is 2.50. The van der Waals surface area contributed by atoms with Crippen LogP contribution in [0.1, 0.15) is 37.8 Å². The zero-order chi connectivity index (χ0) is 14.5. The van der Waals surface area contributed by atoms with E-state index in [1.54, 1.807) is 4.90 Å². The number of piperidine rings is 1. The van der Waals surface area contributed by atoms with Crippen molar-refractivity contribution in [2.24, 2.45) is 0 Å². The summed E-state index contributed by atoms with van der Waals surface area (Å²) in [6.45, 7) is 3.21. The first kappa shape index (κ1) is 15.3. The maximum atomic E-state index is 12.2. The van der Waals surface area contributed by atoms with Crippen LogP contribution in [0.3, 0.4) is 0 Å². The predicted octanol–water partition coefficient (Wildman–Crippen LogP) is 3.07. The monoisotopic (exact) mass is 340 g/mol. The lowest BCUT2D eigenvalue weighted by atomic mass is 10.0. The first-order valence-electron chi connectivity index (χ1n) is 7.09. The van der Waals surface area contributed by atoms with E-state index in [0.29, 0.717) is 6.54 Å². The van der Waals surface area contributed by atoms with Crippen LogP contribution in [0.4, 0.5) is 4.79 Å². The molecule has 110 valence electrons. The lowest BCUT2D eigenvalue weighted by molar-refractivity contribution is 0.0832. The highest BCUT2D eigenvalue weighted by Gasteiger charge is 2.23. The van der Waals surface area contributed by atoms with Crippen LogP contribution in [0.25, 0.3) is 0 Å². The third-order valence-corrected chi connectivity index (χ3v) is 4.19. The van der Waals surface area contributed by atoms with Gasteiger partial charge in [0.05, 0.1) is 12.1 Å². The summed E-state index contributed by atoms with van der Waals surface area (Å²) in [5.74, 6) is 0. The molecule has 2 amide bonds. The van der Waals surface area contributed by atoms with E-state index in [9.17, 15) is 9.90 Å². The van der Waals surface area contributed by atoms with E-state index in [4.69, 9.17) is 0 Å². The lowest BCUT2D eigenvalue weighted by Crippen LogP contribution is -2.47. The molecule has 0 spiro atoms. The minimum absolute atomic E-state index is 0.00895. The number of halogens is 1. The average Bonchev–Trinajstić information content (AvgIpc) is 2.45. The van der Waals surface area contributed by atoms with Gasteiger partial charge in [-0.25, -0.2) is 4.79 Å². The smallest absolute Gasteiger partial charge is 0.317 e. The molecule has 1 aromatic carbocycles. The van der Waals surface area contributed by atoms with Crippen molar-refractivity contribution < 1.29 is 9.90 Å². The highest BCUT2D eigenvalue weighted by atomic mass is 79.9. The Bertz CT molecular complexity index is 450. The molecule has 1 aliphatic heterocycles. The van der Waals surface area contributed by atoms with Crippen molar-refractivity contribution in [3.63, 3.8) is 0 Å². The van der Waals surface area contributed by atoms with Crippen LogP contribution in [-0.2, 0) is 0 Å². The van der Waals surface area contributed by atoms with Crippen LogP contribution >= 0.6 is 15.9 Å². The zero-order valence-corrected chi connectivity index (χ0v) is 13.3. The van der Waals surface area contributed by atoms with Gasteiger partial charge in [0.25, 0.3) is 0 Å². The summed E-state index contributed by atoms with van der Waals surface area (Å²) in [7, 11) is 0.